The molecule has 0 saturated heterocycles. The molecule has 2 aliphatic carbocycles. The molecule has 6 rings (SSSR count). The van der Waals surface area contributed by atoms with E-state index in [1.165, 1.54) is 6.20 Å². The van der Waals surface area contributed by atoms with E-state index in [0.29, 0.717) is 60.3 Å². The van der Waals surface area contributed by atoms with Gasteiger partial charge >= 0.3 is 0 Å². The van der Waals surface area contributed by atoms with E-state index in [1.54, 1.807) is 22.4 Å². The topological polar surface area (TPSA) is 137 Å². The fourth-order valence-electron chi connectivity index (χ4n) is 6.48. The van der Waals surface area contributed by atoms with Crippen LogP contribution in [0.25, 0.3) is 17.1 Å². The molecule has 0 unspecified atom stereocenters. The average molecular weight is 607 g/mol. The van der Waals surface area contributed by atoms with Gasteiger partial charge in [0.15, 0.2) is 0 Å². The number of para-hydroxylation sites is 1. The van der Waals surface area contributed by atoms with E-state index in [0.717, 1.165) is 18.5 Å². The van der Waals surface area contributed by atoms with Gasteiger partial charge in [0.1, 0.15) is 11.3 Å². The Balaban J connectivity index is 1.24. The highest BCUT2D eigenvalue weighted by Gasteiger charge is 2.43. The molecule has 2 N–H and O–H groups in total. The van der Waals surface area contributed by atoms with Gasteiger partial charge in [0.2, 0.25) is 17.7 Å². The number of carbonyl (C=O) groups is 1. The Morgan fingerprint density at radius 2 is 1.98 bits per heavy atom. The first-order valence-corrected chi connectivity index (χ1v) is 15.1. The highest BCUT2D eigenvalue weighted by molar-refractivity contribution is 6.30. The second kappa shape index (κ2) is 11.6. The molecule has 0 aliphatic heterocycles. The molecule has 11 nitrogen and oxygen atoms in total. The molecule has 3 heterocycles. The normalized spacial score (nSPS) is 23.5. The lowest BCUT2D eigenvalue weighted by molar-refractivity contribution is -0.121. The van der Waals surface area contributed by atoms with Crippen LogP contribution in [0.2, 0.25) is 5.02 Å². The van der Waals surface area contributed by atoms with E-state index in [4.69, 9.17) is 20.8 Å². The quantitative estimate of drug-likeness (QED) is 0.279. The van der Waals surface area contributed by atoms with Crippen molar-refractivity contribution in [2.24, 2.45) is 13.0 Å². The summed E-state index contributed by atoms with van der Waals surface area (Å²) in [7, 11) is 1.82. The third-order valence-electron chi connectivity index (χ3n) is 8.48. The summed E-state index contributed by atoms with van der Waals surface area (Å²) in [5, 5.41) is 22.4. The number of hydrogen-bond donors (Lipinski definition) is 2. The molecule has 43 heavy (non-hydrogen) atoms. The van der Waals surface area contributed by atoms with Crippen molar-refractivity contribution in [3.8, 4) is 23.0 Å². The van der Waals surface area contributed by atoms with Gasteiger partial charge in [0.05, 0.1) is 28.6 Å². The van der Waals surface area contributed by atoms with Crippen LogP contribution in [0.1, 0.15) is 75.8 Å². The lowest BCUT2D eigenvalue weighted by Gasteiger charge is -2.41. The number of nitrogens with zero attached hydrogens (tertiary/aromatic N) is 5. The van der Waals surface area contributed by atoms with Crippen molar-refractivity contribution in [3.63, 3.8) is 0 Å². The van der Waals surface area contributed by atoms with Crippen LogP contribution in [0.3, 0.4) is 0 Å². The number of ether oxygens (including phenoxy) is 1. The summed E-state index contributed by atoms with van der Waals surface area (Å²) in [6.45, 7) is 4.07. The zero-order valence-corrected chi connectivity index (χ0v) is 25.2. The first kappa shape index (κ1) is 29.1. The molecule has 2 saturated carbocycles. The standard InChI is InChI=1S/C31H35ClN6O5/c1-4-42-28-23(14-21(32)17-33-28)29-36-35-27(43-29)19-10-8-9-18(13-19)26(39)34-24-25(20-15-31(2,41)16-20)37(3)38(30(24)40)22-11-6-5-7-12-22/h5-7,11-12,14,17-20,41H,4,8-10,13,15-16H2,1-3H3,(H,34,39)/t18-,19+,20-,31+/m1/s1. The zero-order chi connectivity index (χ0) is 30.3. The van der Waals surface area contributed by atoms with Crippen molar-refractivity contribution in [1.82, 2.24) is 24.5 Å². The van der Waals surface area contributed by atoms with Gasteiger partial charge < -0.3 is 19.6 Å². The predicted molar refractivity (Wildman–Crippen MR) is 161 cm³/mol. The fraction of sp³-hybridized carbons (Fsp3) is 0.452. The third kappa shape index (κ3) is 5.71. The van der Waals surface area contributed by atoms with Gasteiger partial charge in [-0.3, -0.25) is 14.3 Å². The lowest BCUT2D eigenvalue weighted by atomic mass is 9.70. The van der Waals surface area contributed by atoms with Gasteiger partial charge in [-0.2, -0.15) is 0 Å². The number of hydrogen-bond acceptors (Lipinski definition) is 8. The number of carbonyl (C=O) groups excluding carboxylic acids is 1. The number of nitrogens with one attached hydrogen (secondary N) is 1. The van der Waals surface area contributed by atoms with E-state index in [2.05, 4.69) is 20.5 Å². The Kier molecular flexibility index (Phi) is 7.87. The van der Waals surface area contributed by atoms with E-state index >= 15 is 0 Å². The Morgan fingerprint density at radius 3 is 2.70 bits per heavy atom. The minimum Gasteiger partial charge on any atom is -0.477 e. The van der Waals surface area contributed by atoms with Crippen LogP contribution in [0.15, 0.2) is 51.8 Å². The molecule has 12 heteroatoms. The van der Waals surface area contributed by atoms with Crippen LogP contribution in [0, 0.1) is 5.92 Å². The maximum Gasteiger partial charge on any atom is 0.295 e. The number of aromatic nitrogens is 5. The number of amides is 1. The second-order valence-corrected chi connectivity index (χ2v) is 12.2. The van der Waals surface area contributed by atoms with E-state index in [9.17, 15) is 14.7 Å². The van der Waals surface area contributed by atoms with E-state index in [1.807, 2.05) is 44.3 Å². The number of anilines is 1. The molecule has 1 amide bonds. The molecule has 0 spiro atoms. The first-order chi connectivity index (χ1) is 20.6. The Hall–Kier alpha value is -3.96. The van der Waals surface area contributed by atoms with Gasteiger partial charge in [-0.1, -0.05) is 36.2 Å². The largest absolute Gasteiger partial charge is 0.477 e. The molecular formula is C31H35ClN6O5. The maximum atomic E-state index is 13.8. The molecule has 1 aromatic carbocycles. The summed E-state index contributed by atoms with van der Waals surface area (Å²) >= 11 is 6.17. The number of pyridine rings is 1. The van der Waals surface area contributed by atoms with Crippen LogP contribution in [0.4, 0.5) is 5.69 Å². The van der Waals surface area contributed by atoms with Gasteiger partial charge in [-0.25, -0.2) is 9.67 Å². The van der Waals surface area contributed by atoms with Gasteiger partial charge in [-0.15, -0.1) is 10.2 Å². The van der Waals surface area contributed by atoms with Crippen molar-refractivity contribution in [2.45, 2.75) is 69.8 Å². The van der Waals surface area contributed by atoms with Crippen molar-refractivity contribution in [3.05, 3.63) is 69.6 Å². The second-order valence-electron chi connectivity index (χ2n) is 11.8. The highest BCUT2D eigenvalue weighted by Crippen LogP contribution is 2.46. The Bertz CT molecular complexity index is 1690. The molecule has 3 aromatic heterocycles. The number of benzene rings is 1. The zero-order valence-electron chi connectivity index (χ0n) is 24.4. The van der Waals surface area contributed by atoms with Crippen molar-refractivity contribution < 1.29 is 19.1 Å². The minimum absolute atomic E-state index is 0.0496. The molecule has 2 fully saturated rings. The molecule has 4 aromatic rings. The van der Waals surface area contributed by atoms with Crippen LogP contribution in [-0.4, -0.2) is 47.8 Å². The van der Waals surface area contributed by atoms with Crippen LogP contribution in [0.5, 0.6) is 5.88 Å². The van der Waals surface area contributed by atoms with Crippen molar-refractivity contribution >= 4 is 23.2 Å². The van der Waals surface area contributed by atoms with Gasteiger partial charge in [-0.05, 0) is 64.2 Å². The molecule has 2 aliphatic rings. The number of halogens is 1. The average Bonchev–Trinajstić information content (AvgIpc) is 3.56. The first-order valence-electron chi connectivity index (χ1n) is 14.7. The Labute approximate surface area is 253 Å². The number of aliphatic hydroxyl groups is 1. The summed E-state index contributed by atoms with van der Waals surface area (Å²) in [4.78, 5) is 31.7. The van der Waals surface area contributed by atoms with Crippen LogP contribution in [-0.2, 0) is 11.8 Å². The summed E-state index contributed by atoms with van der Waals surface area (Å²) in [6.07, 6.45) is 5.31. The van der Waals surface area contributed by atoms with E-state index < -0.39 is 5.60 Å². The smallest absolute Gasteiger partial charge is 0.295 e. The third-order valence-corrected chi connectivity index (χ3v) is 8.69. The van der Waals surface area contributed by atoms with Gasteiger partial charge in [0, 0.05) is 31.0 Å². The SMILES string of the molecule is CCOc1ncc(Cl)cc1-c1nnc([C@H]2CCC[C@@H](C(=O)Nc3c(=O)n(-c4ccccc4)n(C)c3[C@H]3C[C@@](C)(O)C3)C2)o1. The Morgan fingerprint density at radius 1 is 1.21 bits per heavy atom. The number of rotatable bonds is 8. The van der Waals surface area contributed by atoms with Crippen molar-refractivity contribution in [1.29, 1.82) is 0 Å². The van der Waals surface area contributed by atoms with Gasteiger partial charge in [0.25, 0.3) is 11.4 Å². The van der Waals surface area contributed by atoms with E-state index in [-0.39, 0.29) is 40.8 Å². The molecule has 226 valence electrons. The summed E-state index contributed by atoms with van der Waals surface area (Å²) in [5.74, 6) is 0.333. The fourth-order valence-corrected chi connectivity index (χ4v) is 6.64. The minimum atomic E-state index is -0.791. The van der Waals surface area contributed by atoms with Crippen LogP contribution < -0.4 is 15.6 Å². The van der Waals surface area contributed by atoms with Crippen molar-refractivity contribution in [2.75, 3.05) is 11.9 Å². The predicted octanol–water partition coefficient (Wildman–Crippen LogP) is 5.21. The maximum absolute atomic E-state index is 13.8. The summed E-state index contributed by atoms with van der Waals surface area (Å²) in [5.41, 5.74) is 1.13. The monoisotopic (exact) mass is 606 g/mol. The molecule has 0 bridgehead atoms. The molecule has 2 atom stereocenters. The molecular weight excluding hydrogens is 572 g/mol. The molecule has 0 radical (unpaired) electrons. The lowest BCUT2D eigenvalue weighted by Crippen LogP contribution is -2.40. The van der Waals surface area contributed by atoms with Crippen LogP contribution >= 0.6 is 11.6 Å². The highest BCUT2D eigenvalue weighted by atomic mass is 35.5. The summed E-state index contributed by atoms with van der Waals surface area (Å²) < 4.78 is 15.1. The summed E-state index contributed by atoms with van der Waals surface area (Å²) in [6, 6.07) is 11.0.